The summed E-state index contributed by atoms with van der Waals surface area (Å²) in [5, 5.41) is 0. The summed E-state index contributed by atoms with van der Waals surface area (Å²) >= 11 is 0. The molecule has 15 heavy (non-hydrogen) atoms. The Morgan fingerprint density at radius 1 is 0.733 bits per heavy atom. The summed E-state index contributed by atoms with van der Waals surface area (Å²) in [5.74, 6) is -0.0417. The molecule has 0 aromatic rings. The molecule has 2 heterocycles. The summed E-state index contributed by atoms with van der Waals surface area (Å²) in [6.45, 7) is 1.85. The number of hydrogen-bond donors (Lipinski definition) is 2. The van der Waals surface area contributed by atoms with Gasteiger partial charge in [-0.15, -0.1) is 0 Å². The molecule has 2 aliphatic rings. The monoisotopic (exact) mass is 258 g/mol. The van der Waals surface area contributed by atoms with E-state index in [4.69, 9.17) is 18.1 Å². The molecule has 0 aliphatic carbocycles. The van der Waals surface area contributed by atoms with E-state index in [9.17, 15) is 9.79 Å². The van der Waals surface area contributed by atoms with Gasteiger partial charge in [-0.1, -0.05) is 0 Å². The normalized spacial score (nSPS) is 30.0. The molecule has 0 saturated carbocycles. The third-order valence-corrected chi connectivity index (χ3v) is 7.31. The van der Waals surface area contributed by atoms with Crippen molar-refractivity contribution in [3.8, 4) is 0 Å². The van der Waals surface area contributed by atoms with E-state index in [-0.39, 0.29) is 5.90 Å². The molecule has 2 radical (unpaired) electrons. The zero-order valence-electron chi connectivity index (χ0n) is 8.37. The van der Waals surface area contributed by atoms with Crippen LogP contribution in [0.2, 0.25) is 0 Å². The maximum absolute atomic E-state index is 9.96. The zero-order valence-corrected chi connectivity index (χ0v) is 10.2. The second-order valence-corrected chi connectivity index (χ2v) is 8.17. The number of hydrogen-bond acceptors (Lipinski definition) is 6. The molecule has 0 aromatic heterocycles. The third kappa shape index (κ3) is 3.29. The van der Waals surface area contributed by atoms with Crippen LogP contribution in [-0.4, -0.2) is 42.1 Å². The Kier molecular flexibility index (Phi) is 3.92. The first-order valence-electron chi connectivity index (χ1n) is 4.92. The highest BCUT2D eigenvalue weighted by molar-refractivity contribution is 7.77. The average Bonchev–Trinajstić information content (AvgIpc) is 2.18. The molecule has 2 saturated heterocycles. The molecule has 8 heteroatoms. The topological polar surface area (TPSA) is 77.4 Å². The minimum atomic E-state index is -2.95. The highest BCUT2D eigenvalue weighted by Gasteiger charge is 2.43. The molecule has 2 N–H and O–H groups in total. The van der Waals surface area contributed by atoms with E-state index in [1.807, 2.05) is 0 Å². The third-order valence-electron chi connectivity index (χ3n) is 2.11. The Morgan fingerprint density at radius 3 is 1.40 bits per heavy atom. The van der Waals surface area contributed by atoms with Crippen molar-refractivity contribution < 1.29 is 27.9 Å². The van der Waals surface area contributed by atoms with Gasteiger partial charge in [0.2, 0.25) is 15.9 Å². The van der Waals surface area contributed by atoms with Gasteiger partial charge in [-0.25, -0.2) is 0 Å². The summed E-state index contributed by atoms with van der Waals surface area (Å²) in [7, 11) is -5.90. The van der Waals surface area contributed by atoms with Gasteiger partial charge in [0, 0.05) is 0 Å². The van der Waals surface area contributed by atoms with Crippen molar-refractivity contribution in [3.63, 3.8) is 0 Å². The summed E-state index contributed by atoms with van der Waals surface area (Å²) in [6, 6.07) is 0. The van der Waals surface area contributed by atoms with E-state index < -0.39 is 15.9 Å². The SMILES string of the molecule is O[P]1(C[P]2(O)OCCCO2)OCCCO1. The van der Waals surface area contributed by atoms with Crippen LogP contribution in [-0.2, 0) is 18.1 Å². The molecular weight excluding hydrogens is 242 g/mol. The van der Waals surface area contributed by atoms with Gasteiger partial charge in [-0.05, 0) is 12.8 Å². The average molecular weight is 258 g/mol. The van der Waals surface area contributed by atoms with E-state index in [2.05, 4.69) is 0 Å². The fraction of sp³-hybridized carbons (Fsp3) is 1.00. The quantitative estimate of drug-likeness (QED) is 0.727. The summed E-state index contributed by atoms with van der Waals surface area (Å²) in [4.78, 5) is 19.9. The molecule has 0 bridgehead atoms. The molecule has 0 unspecified atom stereocenters. The summed E-state index contributed by atoms with van der Waals surface area (Å²) in [5.41, 5.74) is 0. The molecule has 0 aromatic carbocycles. The molecule has 90 valence electrons. The Labute approximate surface area is 89.6 Å². The predicted octanol–water partition coefficient (Wildman–Crippen LogP) is 1.33. The Balaban J connectivity index is 1.93. The van der Waals surface area contributed by atoms with Gasteiger partial charge in [0.1, 0.15) is 5.90 Å². The van der Waals surface area contributed by atoms with Crippen LogP contribution in [0.3, 0.4) is 0 Å². The Morgan fingerprint density at radius 2 is 1.07 bits per heavy atom. The van der Waals surface area contributed by atoms with Crippen LogP contribution in [0.15, 0.2) is 0 Å². The predicted molar refractivity (Wildman–Crippen MR) is 56.2 cm³/mol. The Bertz CT molecular complexity index is 192. The maximum Gasteiger partial charge on any atom is 0.241 e. The van der Waals surface area contributed by atoms with Gasteiger partial charge >= 0.3 is 0 Å². The standard InChI is InChI=1S/C7H16O6P2/c8-14(10-3-1-4-11-14)7-15(9)12-5-2-6-13-15/h8-9H,1-7H2. The molecule has 0 atom stereocenters. The summed E-state index contributed by atoms with van der Waals surface area (Å²) < 4.78 is 20.7. The fourth-order valence-corrected chi connectivity index (χ4v) is 6.33. The van der Waals surface area contributed by atoms with Gasteiger partial charge in [-0.3, -0.25) is 0 Å². The van der Waals surface area contributed by atoms with Crippen LogP contribution in [0.1, 0.15) is 12.8 Å². The van der Waals surface area contributed by atoms with E-state index in [0.29, 0.717) is 26.4 Å². The van der Waals surface area contributed by atoms with Crippen LogP contribution in [0.4, 0.5) is 0 Å². The molecule has 0 amide bonds. The van der Waals surface area contributed by atoms with Crippen molar-refractivity contribution in [1.82, 2.24) is 0 Å². The van der Waals surface area contributed by atoms with Crippen molar-refractivity contribution in [3.05, 3.63) is 0 Å². The minimum absolute atomic E-state index is 0.0417. The zero-order chi connectivity index (χ0) is 10.8. The van der Waals surface area contributed by atoms with Crippen LogP contribution >= 0.6 is 15.9 Å². The maximum atomic E-state index is 9.96. The lowest BCUT2D eigenvalue weighted by molar-refractivity contribution is 0.108. The first kappa shape index (κ1) is 12.1. The van der Waals surface area contributed by atoms with Gasteiger partial charge in [0.05, 0.1) is 26.4 Å². The second-order valence-electron chi connectivity index (χ2n) is 3.46. The van der Waals surface area contributed by atoms with Gasteiger partial charge < -0.3 is 27.9 Å². The molecule has 6 nitrogen and oxygen atoms in total. The van der Waals surface area contributed by atoms with E-state index >= 15 is 0 Å². The summed E-state index contributed by atoms with van der Waals surface area (Å²) in [6.07, 6.45) is 1.53. The van der Waals surface area contributed by atoms with Crippen molar-refractivity contribution in [2.45, 2.75) is 12.8 Å². The van der Waals surface area contributed by atoms with E-state index in [1.54, 1.807) is 0 Å². The van der Waals surface area contributed by atoms with E-state index in [0.717, 1.165) is 12.8 Å². The number of rotatable bonds is 2. The van der Waals surface area contributed by atoms with Crippen molar-refractivity contribution in [2.75, 3.05) is 32.3 Å². The second kappa shape index (κ2) is 4.86. The van der Waals surface area contributed by atoms with Gasteiger partial charge in [-0.2, -0.15) is 0 Å². The van der Waals surface area contributed by atoms with Crippen LogP contribution in [0.5, 0.6) is 0 Å². The van der Waals surface area contributed by atoms with E-state index in [1.165, 1.54) is 0 Å². The Hall–Kier alpha value is 0.620. The minimum Gasteiger partial charge on any atom is -0.335 e. The van der Waals surface area contributed by atoms with Crippen LogP contribution < -0.4 is 0 Å². The largest absolute Gasteiger partial charge is 0.335 e. The highest BCUT2D eigenvalue weighted by Crippen LogP contribution is 2.74. The highest BCUT2D eigenvalue weighted by atomic mass is 31.3. The first-order chi connectivity index (χ1) is 7.12. The van der Waals surface area contributed by atoms with Gasteiger partial charge in [0.15, 0.2) is 0 Å². The molecule has 2 aliphatic heterocycles. The fourth-order valence-electron chi connectivity index (χ4n) is 1.41. The van der Waals surface area contributed by atoms with Crippen molar-refractivity contribution in [2.24, 2.45) is 0 Å². The van der Waals surface area contributed by atoms with Crippen LogP contribution in [0, 0.1) is 0 Å². The lowest BCUT2D eigenvalue weighted by Crippen LogP contribution is -2.21. The molecular formula is C7H16O6P2. The van der Waals surface area contributed by atoms with Crippen molar-refractivity contribution in [1.29, 1.82) is 0 Å². The molecule has 2 rings (SSSR count). The van der Waals surface area contributed by atoms with Gasteiger partial charge in [0.25, 0.3) is 0 Å². The lowest BCUT2D eigenvalue weighted by atomic mass is 10.5. The lowest BCUT2D eigenvalue weighted by Gasteiger charge is -2.40. The molecule has 2 fully saturated rings. The van der Waals surface area contributed by atoms with Crippen molar-refractivity contribution >= 4 is 15.9 Å². The molecule has 0 spiro atoms. The van der Waals surface area contributed by atoms with Crippen LogP contribution in [0.25, 0.3) is 0 Å². The first-order valence-corrected chi connectivity index (χ1v) is 8.44. The smallest absolute Gasteiger partial charge is 0.241 e.